The van der Waals surface area contributed by atoms with E-state index in [2.05, 4.69) is 39.7 Å². The minimum absolute atomic E-state index is 0.0803. The number of nitrogens with zero attached hydrogens (tertiary/aromatic N) is 1. The number of hydrogen-bond donors (Lipinski definition) is 2. The maximum absolute atomic E-state index is 12.0. The maximum Gasteiger partial charge on any atom is 0.258 e. The Labute approximate surface area is 126 Å². The first-order valence-electron chi connectivity index (χ1n) is 6.96. The van der Waals surface area contributed by atoms with Crippen LogP contribution >= 0.6 is 11.3 Å². The summed E-state index contributed by atoms with van der Waals surface area (Å²) in [4.78, 5) is 20.7. The van der Waals surface area contributed by atoms with Crippen LogP contribution in [0.5, 0.6) is 0 Å². The molecular weight excluding hydrogens is 282 g/mol. The molecule has 0 aliphatic rings. The Morgan fingerprint density at radius 1 is 1.29 bits per heavy atom. The summed E-state index contributed by atoms with van der Waals surface area (Å²) in [7, 11) is 0. The second kappa shape index (κ2) is 6.20. The van der Waals surface area contributed by atoms with Gasteiger partial charge in [-0.05, 0) is 36.9 Å². The molecule has 2 N–H and O–H groups in total. The van der Waals surface area contributed by atoms with Gasteiger partial charge >= 0.3 is 0 Å². The van der Waals surface area contributed by atoms with Gasteiger partial charge in [0.1, 0.15) is 5.82 Å². The van der Waals surface area contributed by atoms with Crippen LogP contribution in [-0.2, 0) is 13.0 Å². The predicted molar refractivity (Wildman–Crippen MR) is 86.7 cm³/mol. The van der Waals surface area contributed by atoms with E-state index in [4.69, 9.17) is 0 Å². The lowest BCUT2D eigenvalue weighted by molar-refractivity contribution is 0.536. The van der Waals surface area contributed by atoms with Gasteiger partial charge in [0, 0.05) is 10.9 Å². The fourth-order valence-corrected chi connectivity index (χ4v) is 3.13. The van der Waals surface area contributed by atoms with Gasteiger partial charge in [0.2, 0.25) is 0 Å². The Kier molecular flexibility index (Phi) is 4.13. The van der Waals surface area contributed by atoms with Crippen molar-refractivity contribution < 1.29 is 0 Å². The van der Waals surface area contributed by atoms with Crippen molar-refractivity contribution in [2.45, 2.75) is 25.9 Å². The Bertz CT molecular complexity index is 780. The van der Waals surface area contributed by atoms with E-state index in [-0.39, 0.29) is 5.56 Å². The number of nitrogens with one attached hydrogen (secondary N) is 2. The highest BCUT2D eigenvalue weighted by molar-refractivity contribution is 7.09. The van der Waals surface area contributed by atoms with Crippen molar-refractivity contribution in [1.29, 1.82) is 0 Å². The van der Waals surface area contributed by atoms with E-state index in [1.165, 1.54) is 4.88 Å². The van der Waals surface area contributed by atoms with E-state index in [0.717, 1.165) is 11.9 Å². The normalized spacial score (nSPS) is 12.6. The summed E-state index contributed by atoms with van der Waals surface area (Å²) < 4.78 is 0. The van der Waals surface area contributed by atoms with Gasteiger partial charge in [0.25, 0.3) is 5.56 Å². The summed E-state index contributed by atoms with van der Waals surface area (Å²) in [6, 6.07) is 11.9. The topological polar surface area (TPSA) is 57.8 Å². The van der Waals surface area contributed by atoms with Crippen molar-refractivity contribution >= 4 is 22.2 Å². The first kappa shape index (κ1) is 14.0. The van der Waals surface area contributed by atoms with Crippen molar-refractivity contribution in [3.05, 3.63) is 62.8 Å². The number of rotatable bonds is 5. The number of thiophene rings is 1. The molecule has 0 saturated carbocycles. The van der Waals surface area contributed by atoms with Crippen LogP contribution < -0.4 is 10.9 Å². The molecule has 0 amide bonds. The first-order chi connectivity index (χ1) is 10.2. The van der Waals surface area contributed by atoms with Crippen LogP contribution in [0, 0.1) is 0 Å². The van der Waals surface area contributed by atoms with Crippen molar-refractivity contribution in [2.24, 2.45) is 0 Å². The van der Waals surface area contributed by atoms with E-state index < -0.39 is 0 Å². The van der Waals surface area contributed by atoms with Crippen molar-refractivity contribution in [1.82, 2.24) is 15.3 Å². The molecule has 5 heteroatoms. The van der Waals surface area contributed by atoms with Crippen LogP contribution in [0.25, 0.3) is 10.9 Å². The summed E-state index contributed by atoms with van der Waals surface area (Å²) >= 11 is 1.76. The number of hydrogen-bond acceptors (Lipinski definition) is 4. The number of aromatic nitrogens is 2. The zero-order valence-corrected chi connectivity index (χ0v) is 12.6. The van der Waals surface area contributed by atoms with Gasteiger partial charge in [-0.25, -0.2) is 4.98 Å². The van der Waals surface area contributed by atoms with Crippen molar-refractivity contribution in [2.75, 3.05) is 0 Å². The molecule has 0 saturated heterocycles. The molecule has 0 fully saturated rings. The third-order valence-electron chi connectivity index (χ3n) is 3.37. The second-order valence-corrected chi connectivity index (χ2v) is 6.13. The molecule has 0 radical (unpaired) electrons. The van der Waals surface area contributed by atoms with E-state index >= 15 is 0 Å². The largest absolute Gasteiger partial charge is 0.309 e. The lowest BCUT2D eigenvalue weighted by Gasteiger charge is -2.12. The molecule has 21 heavy (non-hydrogen) atoms. The average Bonchev–Trinajstić information content (AvgIpc) is 2.98. The Morgan fingerprint density at radius 2 is 2.14 bits per heavy atom. The molecule has 1 aromatic carbocycles. The Hall–Kier alpha value is -1.98. The molecule has 2 heterocycles. The number of fused-ring (bicyclic) bond motifs is 1. The molecule has 3 rings (SSSR count). The van der Waals surface area contributed by atoms with Gasteiger partial charge in [-0.1, -0.05) is 18.2 Å². The van der Waals surface area contributed by atoms with Crippen LogP contribution in [0.3, 0.4) is 0 Å². The Balaban J connectivity index is 1.69. The molecule has 0 spiro atoms. The van der Waals surface area contributed by atoms with E-state index in [1.54, 1.807) is 17.4 Å². The number of aromatic amines is 1. The average molecular weight is 299 g/mol. The van der Waals surface area contributed by atoms with Gasteiger partial charge in [0.15, 0.2) is 0 Å². The summed E-state index contributed by atoms with van der Waals surface area (Å²) in [6.07, 6.45) is 0.982. The predicted octanol–water partition coefficient (Wildman–Crippen LogP) is 2.71. The minimum atomic E-state index is -0.0803. The van der Waals surface area contributed by atoms with E-state index in [9.17, 15) is 4.79 Å². The number of para-hydroxylation sites is 1. The molecule has 0 bridgehead atoms. The monoisotopic (exact) mass is 299 g/mol. The van der Waals surface area contributed by atoms with Gasteiger partial charge in [-0.2, -0.15) is 0 Å². The molecule has 0 aliphatic carbocycles. The highest BCUT2D eigenvalue weighted by Crippen LogP contribution is 2.11. The van der Waals surface area contributed by atoms with Gasteiger partial charge in [0.05, 0.1) is 17.4 Å². The SMILES string of the molecule is CC(Cc1cccs1)NCc1nc2ccccc2c(=O)[nH]1. The fraction of sp³-hybridized carbons (Fsp3) is 0.250. The van der Waals surface area contributed by atoms with E-state index in [0.29, 0.717) is 23.8 Å². The molecule has 2 aromatic heterocycles. The zero-order chi connectivity index (χ0) is 14.7. The Morgan fingerprint density at radius 3 is 2.95 bits per heavy atom. The molecule has 1 atom stereocenters. The van der Waals surface area contributed by atoms with Gasteiger partial charge < -0.3 is 10.3 Å². The summed E-state index contributed by atoms with van der Waals surface area (Å²) in [5.41, 5.74) is 0.660. The van der Waals surface area contributed by atoms with Crippen LogP contribution in [0.1, 0.15) is 17.6 Å². The standard InChI is InChI=1S/C16H17N3OS/c1-11(9-12-5-4-8-21-12)17-10-15-18-14-7-3-2-6-13(14)16(20)19-15/h2-8,11,17H,9-10H2,1H3,(H,18,19,20). The van der Waals surface area contributed by atoms with Crippen molar-refractivity contribution in [3.8, 4) is 0 Å². The highest BCUT2D eigenvalue weighted by Gasteiger charge is 2.07. The lowest BCUT2D eigenvalue weighted by Crippen LogP contribution is -2.29. The second-order valence-electron chi connectivity index (χ2n) is 5.10. The molecule has 4 nitrogen and oxygen atoms in total. The summed E-state index contributed by atoms with van der Waals surface area (Å²) in [5, 5.41) is 6.12. The molecule has 0 aliphatic heterocycles. The first-order valence-corrected chi connectivity index (χ1v) is 7.84. The van der Waals surface area contributed by atoms with E-state index in [1.807, 2.05) is 18.2 Å². The number of H-pyrrole nitrogens is 1. The summed E-state index contributed by atoms with van der Waals surface area (Å²) in [6.45, 7) is 2.70. The van der Waals surface area contributed by atoms with Crippen LogP contribution in [-0.4, -0.2) is 16.0 Å². The smallest absolute Gasteiger partial charge is 0.258 e. The van der Waals surface area contributed by atoms with Gasteiger partial charge in [-0.15, -0.1) is 11.3 Å². The number of benzene rings is 1. The van der Waals surface area contributed by atoms with Crippen LogP contribution in [0.15, 0.2) is 46.6 Å². The highest BCUT2D eigenvalue weighted by atomic mass is 32.1. The lowest BCUT2D eigenvalue weighted by atomic mass is 10.2. The third kappa shape index (κ3) is 3.37. The van der Waals surface area contributed by atoms with Crippen LogP contribution in [0.4, 0.5) is 0 Å². The van der Waals surface area contributed by atoms with Crippen molar-refractivity contribution in [3.63, 3.8) is 0 Å². The quantitative estimate of drug-likeness (QED) is 0.761. The summed E-state index contributed by atoms with van der Waals surface area (Å²) in [5.74, 6) is 0.678. The van der Waals surface area contributed by atoms with Crippen LogP contribution in [0.2, 0.25) is 0 Å². The molecule has 3 aromatic rings. The fourth-order valence-electron chi connectivity index (χ4n) is 2.29. The zero-order valence-electron chi connectivity index (χ0n) is 11.8. The molecule has 1 unspecified atom stereocenters. The maximum atomic E-state index is 12.0. The molecule has 108 valence electrons. The third-order valence-corrected chi connectivity index (χ3v) is 4.27. The minimum Gasteiger partial charge on any atom is -0.309 e. The molecular formula is C16H17N3OS. The van der Waals surface area contributed by atoms with Gasteiger partial charge in [-0.3, -0.25) is 4.79 Å².